The Bertz CT molecular complexity index is 766. The van der Waals surface area contributed by atoms with Crippen molar-refractivity contribution in [2.24, 2.45) is 0 Å². The molecule has 144 valence electrons. The number of pyridine rings is 1. The fourth-order valence-corrected chi connectivity index (χ4v) is 2.76. The van der Waals surface area contributed by atoms with Gasteiger partial charge in [0.15, 0.2) is 0 Å². The molecule has 0 radical (unpaired) electrons. The van der Waals surface area contributed by atoms with Gasteiger partial charge in [-0.05, 0) is 43.2 Å². The van der Waals surface area contributed by atoms with E-state index >= 15 is 0 Å². The molecule has 1 N–H and O–H groups in total. The number of amides is 2. The maximum Gasteiger partial charge on any atom is 0.257 e. The summed E-state index contributed by atoms with van der Waals surface area (Å²) in [6.07, 6.45) is 4.78. The third-order valence-electron chi connectivity index (χ3n) is 4.16. The third-order valence-corrected chi connectivity index (χ3v) is 4.16. The van der Waals surface area contributed by atoms with Crippen molar-refractivity contribution in [1.29, 1.82) is 0 Å². The van der Waals surface area contributed by atoms with Crippen molar-refractivity contribution < 1.29 is 9.59 Å². The minimum absolute atomic E-state index is 0.0869. The van der Waals surface area contributed by atoms with Crippen LogP contribution in [-0.4, -0.2) is 48.9 Å². The number of nitrogens with one attached hydrogen (secondary N) is 1. The zero-order valence-corrected chi connectivity index (χ0v) is 16.5. The van der Waals surface area contributed by atoms with E-state index in [1.807, 2.05) is 57.1 Å². The third kappa shape index (κ3) is 5.54. The minimum atomic E-state index is -0.285. The molecule has 6 nitrogen and oxygen atoms in total. The van der Waals surface area contributed by atoms with Crippen LogP contribution in [0.1, 0.15) is 47.4 Å². The van der Waals surface area contributed by atoms with Crippen LogP contribution in [0.15, 0.2) is 42.7 Å². The summed E-state index contributed by atoms with van der Waals surface area (Å²) in [5.74, 6) is -0.372. The Balaban J connectivity index is 2.13. The predicted octanol–water partition coefficient (Wildman–Crippen LogP) is 3.66. The van der Waals surface area contributed by atoms with Gasteiger partial charge in [0.1, 0.15) is 0 Å². The van der Waals surface area contributed by atoms with Crippen molar-refractivity contribution in [1.82, 2.24) is 9.88 Å². The van der Waals surface area contributed by atoms with Gasteiger partial charge in [-0.2, -0.15) is 0 Å². The first-order valence-electron chi connectivity index (χ1n) is 9.29. The van der Waals surface area contributed by atoms with Crippen LogP contribution < -0.4 is 10.2 Å². The van der Waals surface area contributed by atoms with Crippen LogP contribution in [0.3, 0.4) is 0 Å². The second-order valence-electron chi connectivity index (χ2n) is 6.65. The molecule has 1 aromatic carbocycles. The van der Waals surface area contributed by atoms with Crippen molar-refractivity contribution in [3.8, 4) is 0 Å². The van der Waals surface area contributed by atoms with Crippen molar-refractivity contribution in [3.63, 3.8) is 0 Å². The molecule has 0 saturated heterocycles. The normalized spacial score (nSPS) is 10.4. The molecule has 0 aliphatic heterocycles. The highest BCUT2D eigenvalue weighted by atomic mass is 16.2. The van der Waals surface area contributed by atoms with Crippen LogP contribution in [0.25, 0.3) is 0 Å². The second-order valence-corrected chi connectivity index (χ2v) is 6.65. The lowest BCUT2D eigenvalue weighted by molar-refractivity contribution is 0.0755. The average molecular weight is 368 g/mol. The Kier molecular flexibility index (Phi) is 7.34. The highest BCUT2D eigenvalue weighted by molar-refractivity contribution is 6.05. The first-order valence-corrected chi connectivity index (χ1v) is 9.29. The number of anilines is 2. The van der Waals surface area contributed by atoms with E-state index < -0.39 is 0 Å². The van der Waals surface area contributed by atoms with Crippen LogP contribution >= 0.6 is 0 Å². The summed E-state index contributed by atoms with van der Waals surface area (Å²) in [7, 11) is 3.92. The molecule has 0 saturated carbocycles. The largest absolute Gasteiger partial charge is 0.378 e. The Morgan fingerprint density at radius 1 is 0.963 bits per heavy atom. The molecular weight excluding hydrogens is 340 g/mol. The SMILES string of the molecule is CCCN(CCC)C(=O)c1cncc(C(=O)Nc2ccc(N(C)C)cc2)c1. The van der Waals surface area contributed by atoms with Gasteiger partial charge in [0.2, 0.25) is 0 Å². The highest BCUT2D eigenvalue weighted by Crippen LogP contribution is 2.17. The molecule has 27 heavy (non-hydrogen) atoms. The summed E-state index contributed by atoms with van der Waals surface area (Å²) in [6, 6.07) is 9.17. The second kappa shape index (κ2) is 9.71. The molecule has 0 unspecified atom stereocenters. The molecule has 0 spiro atoms. The van der Waals surface area contributed by atoms with Gasteiger partial charge in [0, 0.05) is 51.0 Å². The minimum Gasteiger partial charge on any atom is -0.378 e. The summed E-state index contributed by atoms with van der Waals surface area (Å²) in [5.41, 5.74) is 2.55. The number of rotatable bonds is 8. The molecule has 2 aromatic rings. The van der Waals surface area contributed by atoms with Crippen LogP contribution in [0, 0.1) is 0 Å². The fraction of sp³-hybridized carbons (Fsp3) is 0.381. The van der Waals surface area contributed by atoms with E-state index in [1.165, 1.54) is 12.4 Å². The first kappa shape index (κ1) is 20.4. The standard InChI is InChI=1S/C21H28N4O2/c1-5-11-25(12-6-2)21(27)17-13-16(14-22-15-17)20(26)23-18-7-9-19(10-8-18)24(3)4/h7-10,13-15H,5-6,11-12H2,1-4H3,(H,23,26). The van der Waals surface area contributed by atoms with E-state index in [-0.39, 0.29) is 11.8 Å². The smallest absolute Gasteiger partial charge is 0.257 e. The Hall–Kier alpha value is -2.89. The summed E-state index contributed by atoms with van der Waals surface area (Å²) in [4.78, 5) is 33.1. The summed E-state index contributed by atoms with van der Waals surface area (Å²) in [5, 5.41) is 2.85. The lowest BCUT2D eigenvalue weighted by Gasteiger charge is -2.21. The van der Waals surface area contributed by atoms with Crippen LogP contribution in [-0.2, 0) is 0 Å². The molecule has 0 aliphatic carbocycles. The monoisotopic (exact) mass is 368 g/mol. The molecule has 0 bridgehead atoms. The van der Waals surface area contributed by atoms with Crippen molar-refractivity contribution in [3.05, 3.63) is 53.9 Å². The fourth-order valence-electron chi connectivity index (χ4n) is 2.76. The number of hydrogen-bond donors (Lipinski definition) is 1. The maximum absolute atomic E-state index is 12.7. The molecule has 6 heteroatoms. The zero-order valence-electron chi connectivity index (χ0n) is 16.5. The lowest BCUT2D eigenvalue weighted by Crippen LogP contribution is -2.32. The zero-order chi connectivity index (χ0) is 19.8. The number of hydrogen-bond acceptors (Lipinski definition) is 4. The van der Waals surface area contributed by atoms with Gasteiger partial charge in [-0.25, -0.2) is 0 Å². The molecule has 0 atom stereocenters. The molecule has 0 fully saturated rings. The molecule has 1 heterocycles. The van der Waals surface area contributed by atoms with E-state index in [1.54, 1.807) is 11.0 Å². The first-order chi connectivity index (χ1) is 13.0. The Morgan fingerprint density at radius 2 is 1.56 bits per heavy atom. The number of nitrogens with zero attached hydrogens (tertiary/aromatic N) is 3. The van der Waals surface area contributed by atoms with E-state index in [0.29, 0.717) is 29.9 Å². The number of aromatic nitrogens is 1. The number of carbonyl (C=O) groups excluding carboxylic acids is 2. The highest BCUT2D eigenvalue weighted by Gasteiger charge is 2.17. The van der Waals surface area contributed by atoms with E-state index in [9.17, 15) is 9.59 Å². The van der Waals surface area contributed by atoms with Crippen molar-refractivity contribution in [2.45, 2.75) is 26.7 Å². The van der Waals surface area contributed by atoms with Crippen LogP contribution in [0.4, 0.5) is 11.4 Å². The number of benzene rings is 1. The molecule has 2 rings (SSSR count). The van der Waals surface area contributed by atoms with Gasteiger partial charge in [-0.15, -0.1) is 0 Å². The van der Waals surface area contributed by atoms with E-state index in [0.717, 1.165) is 18.5 Å². The van der Waals surface area contributed by atoms with Crippen LogP contribution in [0.5, 0.6) is 0 Å². The van der Waals surface area contributed by atoms with Gasteiger partial charge in [-0.3, -0.25) is 14.6 Å². The van der Waals surface area contributed by atoms with Crippen molar-refractivity contribution in [2.75, 3.05) is 37.4 Å². The molecule has 0 aliphatic rings. The Morgan fingerprint density at radius 3 is 2.11 bits per heavy atom. The lowest BCUT2D eigenvalue weighted by atomic mass is 10.1. The topological polar surface area (TPSA) is 65.5 Å². The summed E-state index contributed by atoms with van der Waals surface area (Å²) < 4.78 is 0. The summed E-state index contributed by atoms with van der Waals surface area (Å²) in [6.45, 7) is 5.47. The van der Waals surface area contributed by atoms with Gasteiger partial charge < -0.3 is 15.1 Å². The van der Waals surface area contributed by atoms with Crippen LogP contribution in [0.2, 0.25) is 0 Å². The predicted molar refractivity (Wildman–Crippen MR) is 109 cm³/mol. The molecular formula is C21H28N4O2. The molecule has 2 amide bonds. The molecule has 1 aromatic heterocycles. The average Bonchev–Trinajstić information content (AvgIpc) is 2.67. The van der Waals surface area contributed by atoms with E-state index in [4.69, 9.17) is 0 Å². The van der Waals surface area contributed by atoms with E-state index in [2.05, 4.69) is 10.3 Å². The summed E-state index contributed by atoms with van der Waals surface area (Å²) >= 11 is 0. The number of carbonyl (C=O) groups is 2. The van der Waals surface area contributed by atoms with Gasteiger partial charge in [0.25, 0.3) is 11.8 Å². The quantitative estimate of drug-likeness (QED) is 0.772. The maximum atomic E-state index is 12.7. The van der Waals surface area contributed by atoms with Gasteiger partial charge in [0.05, 0.1) is 11.1 Å². The van der Waals surface area contributed by atoms with Crippen molar-refractivity contribution >= 4 is 23.2 Å². The van der Waals surface area contributed by atoms with Gasteiger partial charge in [-0.1, -0.05) is 13.8 Å². The van der Waals surface area contributed by atoms with Gasteiger partial charge >= 0.3 is 0 Å². The Labute approximate surface area is 161 Å².